The summed E-state index contributed by atoms with van der Waals surface area (Å²) >= 11 is 0. The van der Waals surface area contributed by atoms with Gasteiger partial charge in [0.1, 0.15) is 11.6 Å². The lowest BCUT2D eigenvalue weighted by molar-refractivity contribution is 0.415. The molecule has 0 aliphatic carbocycles. The van der Waals surface area contributed by atoms with Crippen LogP contribution in [0.15, 0.2) is 59.5 Å². The molecule has 0 saturated heterocycles. The van der Waals surface area contributed by atoms with Gasteiger partial charge in [0.2, 0.25) is 0 Å². The molecule has 1 aliphatic rings. The minimum absolute atomic E-state index is 0.287. The van der Waals surface area contributed by atoms with E-state index < -0.39 is 10.0 Å². The van der Waals surface area contributed by atoms with Crippen LogP contribution in [0.1, 0.15) is 5.56 Å². The number of pyridine rings is 1. The van der Waals surface area contributed by atoms with Crippen molar-refractivity contribution < 1.29 is 13.2 Å². The van der Waals surface area contributed by atoms with Crippen LogP contribution in [0, 0.1) is 0 Å². The Bertz CT molecular complexity index is 1020. The van der Waals surface area contributed by atoms with E-state index in [1.165, 1.54) is 4.31 Å². The molecule has 3 aromatic rings. The minimum Gasteiger partial charge on any atom is -0.497 e. The fourth-order valence-electron chi connectivity index (χ4n) is 3.00. The summed E-state index contributed by atoms with van der Waals surface area (Å²) in [5.41, 5.74) is 1.69. The van der Waals surface area contributed by atoms with Crippen LogP contribution in [0.3, 0.4) is 0 Å². The summed E-state index contributed by atoms with van der Waals surface area (Å²) in [4.78, 5) is 4.88. The van der Waals surface area contributed by atoms with Crippen molar-refractivity contribution in [3.63, 3.8) is 0 Å². The zero-order valence-electron chi connectivity index (χ0n) is 13.1. The van der Waals surface area contributed by atoms with Crippen LogP contribution < -0.4 is 9.04 Å². The number of benzene rings is 2. The first kappa shape index (κ1) is 15.0. The second-order valence-electron chi connectivity index (χ2n) is 5.67. The SMILES string of the molecule is COc1ccc2nc3c(cc2c1)CCN3S(=O)(=O)c1ccccc1. The van der Waals surface area contributed by atoms with Gasteiger partial charge in [-0.3, -0.25) is 0 Å². The summed E-state index contributed by atoms with van der Waals surface area (Å²) in [6, 6.07) is 16.1. The average molecular weight is 340 g/mol. The Morgan fingerprint density at radius 3 is 2.62 bits per heavy atom. The highest BCUT2D eigenvalue weighted by Crippen LogP contribution is 2.34. The van der Waals surface area contributed by atoms with E-state index >= 15 is 0 Å². The molecule has 0 saturated carbocycles. The molecule has 122 valence electrons. The molecule has 2 heterocycles. The van der Waals surface area contributed by atoms with E-state index in [9.17, 15) is 8.42 Å². The smallest absolute Gasteiger partial charge is 0.265 e. The average Bonchev–Trinajstić information content (AvgIpc) is 3.03. The van der Waals surface area contributed by atoms with Crippen molar-refractivity contribution in [3.05, 3.63) is 60.2 Å². The Hall–Kier alpha value is -2.60. The van der Waals surface area contributed by atoms with Crippen molar-refractivity contribution >= 4 is 26.7 Å². The number of rotatable bonds is 3. The van der Waals surface area contributed by atoms with Crippen molar-refractivity contribution in [2.75, 3.05) is 18.0 Å². The number of hydrogen-bond donors (Lipinski definition) is 0. The van der Waals surface area contributed by atoms with Gasteiger partial charge in [0.25, 0.3) is 10.0 Å². The lowest BCUT2D eigenvalue weighted by atomic mass is 10.1. The fourth-order valence-corrected chi connectivity index (χ4v) is 4.47. The number of hydrogen-bond acceptors (Lipinski definition) is 4. The van der Waals surface area contributed by atoms with Crippen LogP contribution in [0.2, 0.25) is 0 Å². The third kappa shape index (κ3) is 2.30. The van der Waals surface area contributed by atoms with Crippen LogP contribution >= 0.6 is 0 Å². The van der Waals surface area contributed by atoms with Gasteiger partial charge >= 0.3 is 0 Å². The monoisotopic (exact) mass is 340 g/mol. The van der Waals surface area contributed by atoms with E-state index in [1.807, 2.05) is 24.3 Å². The van der Waals surface area contributed by atoms with Crippen molar-refractivity contribution in [3.8, 4) is 5.75 Å². The number of methoxy groups -OCH3 is 1. The maximum absolute atomic E-state index is 12.9. The second kappa shape index (κ2) is 5.49. The molecule has 0 spiro atoms. The van der Waals surface area contributed by atoms with Gasteiger partial charge in [0.05, 0.1) is 17.5 Å². The van der Waals surface area contributed by atoms with Gasteiger partial charge in [-0.05, 0) is 48.4 Å². The van der Waals surface area contributed by atoms with E-state index in [4.69, 9.17) is 4.74 Å². The standard InChI is InChI=1S/C18H16N2O3S/c1-23-15-7-8-17-14(12-15)11-13-9-10-20(18(13)19-17)24(21,22)16-5-3-2-4-6-16/h2-8,11-12H,9-10H2,1H3. The maximum Gasteiger partial charge on any atom is 0.265 e. The molecule has 0 atom stereocenters. The summed E-state index contributed by atoms with van der Waals surface area (Å²) in [6.45, 7) is 0.410. The molecular weight excluding hydrogens is 324 g/mol. The van der Waals surface area contributed by atoms with Crippen molar-refractivity contribution in [1.82, 2.24) is 4.98 Å². The van der Waals surface area contributed by atoms with Crippen molar-refractivity contribution in [1.29, 1.82) is 0 Å². The Kier molecular flexibility index (Phi) is 3.42. The third-order valence-electron chi connectivity index (χ3n) is 4.23. The first-order chi connectivity index (χ1) is 11.6. The second-order valence-corrected chi connectivity index (χ2v) is 7.53. The Labute approximate surface area is 140 Å². The van der Waals surface area contributed by atoms with Gasteiger partial charge in [-0.25, -0.2) is 17.7 Å². The zero-order valence-corrected chi connectivity index (χ0v) is 14.0. The molecule has 0 unspecified atom stereocenters. The zero-order chi connectivity index (χ0) is 16.7. The predicted molar refractivity (Wildman–Crippen MR) is 93.0 cm³/mol. The quantitative estimate of drug-likeness (QED) is 0.735. The molecule has 24 heavy (non-hydrogen) atoms. The lowest BCUT2D eigenvalue weighted by Gasteiger charge is -2.18. The summed E-state index contributed by atoms with van der Waals surface area (Å²) in [7, 11) is -1.97. The number of nitrogens with zero attached hydrogens (tertiary/aromatic N) is 2. The summed E-state index contributed by atoms with van der Waals surface area (Å²) < 4.78 is 32.4. The van der Waals surface area contributed by atoms with Crippen molar-refractivity contribution in [2.24, 2.45) is 0 Å². The number of anilines is 1. The molecule has 1 aliphatic heterocycles. The van der Waals surface area contributed by atoms with Gasteiger partial charge in [0, 0.05) is 11.9 Å². The van der Waals surface area contributed by atoms with E-state index in [-0.39, 0.29) is 4.90 Å². The van der Waals surface area contributed by atoms with Crippen molar-refractivity contribution in [2.45, 2.75) is 11.3 Å². The van der Waals surface area contributed by atoms with Gasteiger partial charge < -0.3 is 4.74 Å². The Balaban J connectivity index is 1.83. The predicted octanol–water partition coefficient (Wildman–Crippen LogP) is 2.99. The van der Waals surface area contributed by atoms with E-state index in [0.717, 1.165) is 22.2 Å². The summed E-state index contributed by atoms with van der Waals surface area (Å²) in [6.07, 6.45) is 0.654. The van der Waals surface area contributed by atoms with E-state index in [0.29, 0.717) is 18.8 Å². The fraction of sp³-hybridized carbons (Fsp3) is 0.167. The number of ether oxygens (including phenoxy) is 1. The van der Waals surface area contributed by atoms with Gasteiger partial charge in [0.15, 0.2) is 0 Å². The number of fused-ring (bicyclic) bond motifs is 2. The van der Waals surface area contributed by atoms with Gasteiger partial charge in [-0.2, -0.15) is 0 Å². The first-order valence-electron chi connectivity index (χ1n) is 7.65. The molecule has 0 radical (unpaired) electrons. The molecular formula is C18H16N2O3S. The third-order valence-corrected chi connectivity index (χ3v) is 6.03. The number of sulfonamides is 1. The topological polar surface area (TPSA) is 59.5 Å². The van der Waals surface area contributed by atoms with Gasteiger partial charge in [-0.15, -0.1) is 0 Å². The highest BCUT2D eigenvalue weighted by molar-refractivity contribution is 7.92. The molecule has 0 bridgehead atoms. The first-order valence-corrected chi connectivity index (χ1v) is 9.09. The van der Waals surface area contributed by atoms with Crippen LogP contribution in [0.25, 0.3) is 10.9 Å². The van der Waals surface area contributed by atoms with Gasteiger partial charge in [-0.1, -0.05) is 18.2 Å². The Morgan fingerprint density at radius 1 is 1.08 bits per heavy atom. The van der Waals surface area contributed by atoms with Crippen LogP contribution in [0.5, 0.6) is 5.75 Å². The maximum atomic E-state index is 12.9. The van der Waals surface area contributed by atoms with Crippen LogP contribution in [0.4, 0.5) is 5.82 Å². The number of aromatic nitrogens is 1. The highest BCUT2D eigenvalue weighted by atomic mass is 32.2. The molecule has 6 heteroatoms. The minimum atomic E-state index is -3.59. The summed E-state index contributed by atoms with van der Waals surface area (Å²) in [5, 5.41) is 0.951. The molecule has 0 N–H and O–H groups in total. The molecule has 1 aromatic heterocycles. The molecule has 0 amide bonds. The lowest BCUT2D eigenvalue weighted by Crippen LogP contribution is -2.29. The van der Waals surface area contributed by atoms with Crippen LogP contribution in [-0.2, 0) is 16.4 Å². The molecule has 0 fully saturated rings. The Morgan fingerprint density at radius 2 is 1.88 bits per heavy atom. The normalized spacial score (nSPS) is 14.0. The summed E-state index contributed by atoms with van der Waals surface area (Å²) in [5.74, 6) is 1.28. The van der Waals surface area contributed by atoms with E-state index in [1.54, 1.807) is 37.4 Å². The molecule has 2 aromatic carbocycles. The van der Waals surface area contributed by atoms with Crippen LogP contribution in [-0.4, -0.2) is 27.1 Å². The van der Waals surface area contributed by atoms with E-state index in [2.05, 4.69) is 4.98 Å². The molecule has 5 nitrogen and oxygen atoms in total. The largest absolute Gasteiger partial charge is 0.497 e. The highest BCUT2D eigenvalue weighted by Gasteiger charge is 2.32. The molecule has 4 rings (SSSR count).